The van der Waals surface area contributed by atoms with Gasteiger partial charge in [0.25, 0.3) is 0 Å². The first-order valence-corrected chi connectivity index (χ1v) is 9.78. The van der Waals surface area contributed by atoms with Gasteiger partial charge in [-0.25, -0.2) is 0 Å². The molecule has 126 valence electrons. The van der Waals surface area contributed by atoms with Gasteiger partial charge in [0.1, 0.15) is 6.29 Å². The molecule has 0 radical (unpaired) electrons. The van der Waals surface area contributed by atoms with E-state index in [1.807, 2.05) is 0 Å². The summed E-state index contributed by atoms with van der Waals surface area (Å²) in [6.07, 6.45) is 22.6. The van der Waals surface area contributed by atoms with Crippen LogP contribution in [0.5, 0.6) is 0 Å². The van der Waals surface area contributed by atoms with Crippen molar-refractivity contribution in [2.75, 3.05) is 0 Å². The van der Waals surface area contributed by atoms with Crippen LogP contribution in [0.2, 0.25) is 0 Å². The van der Waals surface area contributed by atoms with E-state index < -0.39 is 0 Å². The van der Waals surface area contributed by atoms with Crippen molar-refractivity contribution in [3.8, 4) is 0 Å². The van der Waals surface area contributed by atoms with Crippen LogP contribution in [0.15, 0.2) is 0 Å². The molecule has 0 rings (SSSR count). The lowest BCUT2D eigenvalue weighted by Crippen LogP contribution is -2.00. The van der Waals surface area contributed by atoms with E-state index >= 15 is 0 Å². The highest BCUT2D eigenvalue weighted by atomic mass is 16.1. The predicted molar refractivity (Wildman–Crippen MR) is 94.8 cm³/mol. The van der Waals surface area contributed by atoms with Crippen LogP contribution in [0, 0.1) is 5.92 Å². The van der Waals surface area contributed by atoms with Crippen LogP contribution < -0.4 is 0 Å². The molecule has 0 bridgehead atoms. The molecule has 0 saturated heterocycles. The third-order valence-corrected chi connectivity index (χ3v) is 4.59. The molecule has 0 aliphatic heterocycles. The summed E-state index contributed by atoms with van der Waals surface area (Å²) >= 11 is 0. The minimum Gasteiger partial charge on any atom is -0.303 e. The van der Waals surface area contributed by atoms with Crippen LogP contribution >= 0.6 is 0 Å². The minimum atomic E-state index is 0.663. The fourth-order valence-corrected chi connectivity index (χ4v) is 3.20. The first-order chi connectivity index (χ1) is 10.3. The average Bonchev–Trinajstić information content (AvgIpc) is 2.48. The molecule has 0 N–H and O–H groups in total. The smallest absolute Gasteiger partial charge is 0.120 e. The molecule has 1 heteroatoms. The Morgan fingerprint density at radius 3 is 1.52 bits per heavy atom. The molecule has 21 heavy (non-hydrogen) atoms. The maximum Gasteiger partial charge on any atom is 0.120 e. The Hall–Kier alpha value is -0.330. The number of aldehydes is 1. The molecule has 0 aromatic carbocycles. The SMILES string of the molecule is CCCCCCCCCCCCCCC(CC=O)CCC. The van der Waals surface area contributed by atoms with Crippen molar-refractivity contribution in [2.45, 2.75) is 117 Å². The van der Waals surface area contributed by atoms with Gasteiger partial charge in [0.2, 0.25) is 0 Å². The Morgan fingerprint density at radius 1 is 0.619 bits per heavy atom. The van der Waals surface area contributed by atoms with E-state index in [9.17, 15) is 4.79 Å². The number of hydrogen-bond acceptors (Lipinski definition) is 1. The molecule has 0 saturated carbocycles. The Bertz CT molecular complexity index is 200. The van der Waals surface area contributed by atoms with E-state index in [0.29, 0.717) is 5.92 Å². The normalized spacial score (nSPS) is 12.5. The fraction of sp³-hybridized carbons (Fsp3) is 0.950. The maximum atomic E-state index is 10.6. The molecular formula is C20H40O. The summed E-state index contributed by atoms with van der Waals surface area (Å²) < 4.78 is 0. The van der Waals surface area contributed by atoms with E-state index in [2.05, 4.69) is 13.8 Å². The zero-order chi connectivity index (χ0) is 15.6. The second kappa shape index (κ2) is 17.7. The van der Waals surface area contributed by atoms with Crippen LogP contribution in [0.3, 0.4) is 0 Å². The Kier molecular flexibility index (Phi) is 17.4. The highest BCUT2D eigenvalue weighted by Gasteiger charge is 2.06. The zero-order valence-corrected chi connectivity index (χ0v) is 14.9. The molecule has 0 aromatic rings. The molecule has 0 aliphatic rings. The second-order valence-corrected chi connectivity index (χ2v) is 6.73. The predicted octanol–water partition coefficient (Wildman–Crippen LogP) is 7.08. The monoisotopic (exact) mass is 296 g/mol. The Balaban J connectivity index is 3.19. The van der Waals surface area contributed by atoms with Gasteiger partial charge >= 0.3 is 0 Å². The topological polar surface area (TPSA) is 17.1 Å². The van der Waals surface area contributed by atoms with Gasteiger partial charge in [0.05, 0.1) is 0 Å². The highest BCUT2D eigenvalue weighted by Crippen LogP contribution is 2.19. The Labute approximate surface area is 134 Å². The van der Waals surface area contributed by atoms with Crippen LogP contribution in [0.25, 0.3) is 0 Å². The highest BCUT2D eigenvalue weighted by molar-refractivity contribution is 5.49. The third kappa shape index (κ3) is 15.9. The van der Waals surface area contributed by atoms with Crippen molar-refractivity contribution in [3.63, 3.8) is 0 Å². The Morgan fingerprint density at radius 2 is 1.10 bits per heavy atom. The van der Waals surface area contributed by atoms with Crippen LogP contribution in [0.1, 0.15) is 117 Å². The summed E-state index contributed by atoms with van der Waals surface area (Å²) in [5.74, 6) is 0.663. The van der Waals surface area contributed by atoms with Crippen LogP contribution in [-0.4, -0.2) is 6.29 Å². The molecule has 1 unspecified atom stereocenters. The van der Waals surface area contributed by atoms with Gasteiger partial charge in [-0.05, 0) is 5.92 Å². The van der Waals surface area contributed by atoms with Gasteiger partial charge < -0.3 is 4.79 Å². The summed E-state index contributed by atoms with van der Waals surface area (Å²) in [5.41, 5.74) is 0. The molecule has 1 atom stereocenters. The first-order valence-electron chi connectivity index (χ1n) is 9.78. The molecule has 0 aromatic heterocycles. The van der Waals surface area contributed by atoms with Crippen molar-refractivity contribution in [1.82, 2.24) is 0 Å². The number of hydrogen-bond donors (Lipinski definition) is 0. The van der Waals surface area contributed by atoms with Crippen molar-refractivity contribution in [1.29, 1.82) is 0 Å². The van der Waals surface area contributed by atoms with E-state index in [1.54, 1.807) is 0 Å². The molecular weight excluding hydrogens is 256 g/mol. The van der Waals surface area contributed by atoms with Crippen molar-refractivity contribution >= 4 is 6.29 Å². The van der Waals surface area contributed by atoms with Gasteiger partial charge in [-0.1, -0.05) is 110 Å². The molecule has 1 nitrogen and oxygen atoms in total. The molecule has 0 spiro atoms. The van der Waals surface area contributed by atoms with Gasteiger partial charge in [-0.2, -0.15) is 0 Å². The standard InChI is InChI=1S/C20H40O/c1-3-5-6-7-8-9-10-11-12-13-14-15-17-20(16-4-2)18-19-21/h19-20H,3-18H2,1-2H3. The maximum absolute atomic E-state index is 10.6. The number of carbonyl (C=O) groups excluding carboxylic acids is 1. The lowest BCUT2D eigenvalue weighted by Gasteiger charge is -2.12. The van der Waals surface area contributed by atoms with Crippen molar-refractivity contribution in [3.05, 3.63) is 0 Å². The summed E-state index contributed by atoms with van der Waals surface area (Å²) in [6.45, 7) is 4.50. The molecule has 0 amide bonds. The minimum absolute atomic E-state index is 0.663. The number of unbranched alkanes of at least 4 members (excludes halogenated alkanes) is 11. The molecule has 0 fully saturated rings. The second-order valence-electron chi connectivity index (χ2n) is 6.73. The first kappa shape index (κ1) is 20.7. The average molecular weight is 297 g/mol. The summed E-state index contributed by atoms with van der Waals surface area (Å²) in [7, 11) is 0. The summed E-state index contributed by atoms with van der Waals surface area (Å²) in [5, 5.41) is 0. The largest absolute Gasteiger partial charge is 0.303 e. The summed E-state index contributed by atoms with van der Waals surface area (Å²) in [4.78, 5) is 10.6. The lowest BCUT2D eigenvalue weighted by molar-refractivity contribution is -0.108. The van der Waals surface area contributed by atoms with Crippen molar-refractivity contribution < 1.29 is 4.79 Å². The van der Waals surface area contributed by atoms with Gasteiger partial charge in [0, 0.05) is 6.42 Å². The van der Waals surface area contributed by atoms with Crippen LogP contribution in [0.4, 0.5) is 0 Å². The van der Waals surface area contributed by atoms with Crippen molar-refractivity contribution in [2.24, 2.45) is 5.92 Å². The van der Waals surface area contributed by atoms with E-state index in [1.165, 1.54) is 96.3 Å². The number of carbonyl (C=O) groups is 1. The zero-order valence-electron chi connectivity index (χ0n) is 14.9. The van der Waals surface area contributed by atoms with E-state index in [-0.39, 0.29) is 0 Å². The third-order valence-electron chi connectivity index (χ3n) is 4.59. The quantitative estimate of drug-likeness (QED) is 0.207. The fourth-order valence-electron chi connectivity index (χ4n) is 3.20. The van der Waals surface area contributed by atoms with E-state index in [0.717, 1.165) is 12.7 Å². The van der Waals surface area contributed by atoms with Gasteiger partial charge in [0.15, 0.2) is 0 Å². The van der Waals surface area contributed by atoms with Crippen LogP contribution in [-0.2, 0) is 4.79 Å². The molecule has 0 aliphatic carbocycles. The molecule has 0 heterocycles. The van der Waals surface area contributed by atoms with Gasteiger partial charge in [-0.3, -0.25) is 0 Å². The lowest BCUT2D eigenvalue weighted by atomic mass is 9.93. The van der Waals surface area contributed by atoms with E-state index in [4.69, 9.17) is 0 Å². The number of rotatable bonds is 17. The van der Waals surface area contributed by atoms with Gasteiger partial charge in [-0.15, -0.1) is 0 Å². The summed E-state index contributed by atoms with van der Waals surface area (Å²) in [6, 6.07) is 0.